The largest absolute Gasteiger partial charge is 0.490 e. The van der Waals surface area contributed by atoms with Crippen LogP contribution in [0.5, 0.6) is 69.0 Å². The minimum absolute atomic E-state index is 0.0958. The summed E-state index contributed by atoms with van der Waals surface area (Å²) in [5, 5.41) is 2.85. The SMILES string of the molecule is CC(C)c1cccc(C(C)C)c1N1C(=O)c2cc3c4c5c6cc7c8c(cc(c(c9c(cc(c2c49)C1=O)Oc1cccc(c1)OCCOc1cccc(c1)O6)c85)Oc1cccc(c1)OCCOc1cccc(c1)O3)C(=O)N(c1c(C(C)C)cccc1C(C)C)C7=O. The van der Waals surface area contributed by atoms with E-state index < -0.39 is 23.6 Å². The van der Waals surface area contributed by atoms with Gasteiger partial charge in [-0.25, -0.2) is 9.80 Å². The number of carbonyl (C=O) groups excluding carboxylic acids is 4. The molecule has 4 amide bonds. The molecule has 14 heteroatoms. The highest BCUT2D eigenvalue weighted by Crippen LogP contribution is 2.59. The Balaban J connectivity index is 1.17. The number of amides is 4. The number of imide groups is 2. The van der Waals surface area contributed by atoms with E-state index in [1.54, 1.807) is 72.8 Å². The van der Waals surface area contributed by atoms with Gasteiger partial charge in [0.2, 0.25) is 0 Å². The summed E-state index contributed by atoms with van der Waals surface area (Å²) in [5.41, 5.74) is 4.94. The first-order valence-corrected chi connectivity index (χ1v) is 30.6. The zero-order valence-electron chi connectivity index (χ0n) is 50.9. The average molecular weight is 1200 g/mol. The van der Waals surface area contributed by atoms with Gasteiger partial charge in [0.05, 0.1) is 33.6 Å². The lowest BCUT2D eigenvalue weighted by Crippen LogP contribution is -2.42. The summed E-state index contributed by atoms with van der Waals surface area (Å²) in [6.07, 6.45) is 0. The Morgan fingerprint density at radius 1 is 0.278 bits per heavy atom. The minimum atomic E-state index is -0.576. The second-order valence-corrected chi connectivity index (χ2v) is 24.5. The second-order valence-electron chi connectivity index (χ2n) is 24.5. The molecule has 0 fully saturated rings. The van der Waals surface area contributed by atoms with Gasteiger partial charge in [-0.2, -0.15) is 0 Å². The highest BCUT2D eigenvalue weighted by molar-refractivity contribution is 6.48. The Bertz CT molecular complexity index is 4280. The number of benzene rings is 11. The molecule has 0 unspecified atom stereocenters. The molecule has 17 rings (SSSR count). The van der Waals surface area contributed by atoms with Crippen LogP contribution in [0.3, 0.4) is 0 Å². The normalized spacial score (nSPS) is 14.8. The zero-order valence-corrected chi connectivity index (χ0v) is 50.9. The van der Waals surface area contributed by atoms with Crippen molar-refractivity contribution in [1.29, 1.82) is 0 Å². The van der Waals surface area contributed by atoms with Crippen LogP contribution in [0, 0.1) is 0 Å². The van der Waals surface area contributed by atoms with E-state index in [9.17, 15) is 0 Å². The smallest absolute Gasteiger partial charge is 0.266 e. The van der Waals surface area contributed by atoms with E-state index in [1.807, 2.05) is 140 Å². The summed E-state index contributed by atoms with van der Waals surface area (Å²) >= 11 is 0. The molecule has 0 aliphatic carbocycles. The maximum atomic E-state index is 16.4. The standard InChI is InChI=1S/C76H62N2O12/c1-39(2)51-23-13-24-52(40(3)4)71(51)77-73(79)55-35-59-65-67-61-37-57-64-58(76(82)78(75(57)81)72-53(41(5)6)25-14-26-54(72)42(7)8)38-62(90-49-21-11-17-45(33-49)85-29-27-83-43-15-9-19-47(31-43)87-59)68(70(64)67)66-60(36-56(74(77)80)63(55)69(65)66)88-48-20-10-16-44(32-48)84-28-30-86-46-18-12-22-50(34-46)89-61/h9-26,31-42H,27-30H2,1-8H3. The number of rotatable bonds is 6. The third-order valence-corrected chi connectivity index (χ3v) is 17.4. The zero-order chi connectivity index (χ0) is 62.0. The van der Waals surface area contributed by atoms with E-state index in [0.29, 0.717) is 100 Å². The summed E-state index contributed by atoms with van der Waals surface area (Å²) in [7, 11) is 0. The second kappa shape index (κ2) is 21.6. The molecular formula is C76H62N2O12. The fourth-order valence-electron chi connectivity index (χ4n) is 13.4. The van der Waals surface area contributed by atoms with Gasteiger partial charge in [-0.15, -0.1) is 0 Å². The van der Waals surface area contributed by atoms with Gasteiger partial charge >= 0.3 is 0 Å². The molecule has 90 heavy (non-hydrogen) atoms. The van der Waals surface area contributed by atoms with Crippen LogP contribution < -0.4 is 47.7 Å². The highest BCUT2D eigenvalue weighted by atomic mass is 16.5. The quantitative estimate of drug-likeness (QED) is 0.0886. The van der Waals surface area contributed by atoms with Crippen LogP contribution in [0.25, 0.3) is 43.1 Å². The monoisotopic (exact) mass is 1190 g/mol. The first-order valence-electron chi connectivity index (χ1n) is 30.6. The number of para-hydroxylation sites is 2. The predicted octanol–water partition coefficient (Wildman–Crippen LogP) is 18.5. The first-order chi connectivity index (χ1) is 43.6. The van der Waals surface area contributed by atoms with Gasteiger partial charge in [-0.05, 0) is 119 Å². The summed E-state index contributed by atoms with van der Waals surface area (Å²) in [4.78, 5) is 68.1. The van der Waals surface area contributed by atoms with Gasteiger partial charge in [0, 0.05) is 67.4 Å². The number of hydrogen-bond donors (Lipinski definition) is 0. The van der Waals surface area contributed by atoms with Crippen molar-refractivity contribution in [3.63, 3.8) is 0 Å². The van der Waals surface area contributed by atoms with Crippen molar-refractivity contribution >= 4 is 78.1 Å². The Morgan fingerprint density at radius 2 is 0.500 bits per heavy atom. The van der Waals surface area contributed by atoms with Crippen LogP contribution in [0.2, 0.25) is 0 Å². The lowest BCUT2D eigenvalue weighted by molar-refractivity contribution is 0.0877. The van der Waals surface area contributed by atoms with E-state index >= 15 is 19.2 Å². The van der Waals surface area contributed by atoms with Crippen molar-refractivity contribution in [2.45, 2.75) is 79.1 Å². The summed E-state index contributed by atoms with van der Waals surface area (Å²) in [5.74, 6) is 1.24. The molecule has 0 spiro atoms. The molecular weight excluding hydrogens is 1130 g/mol. The van der Waals surface area contributed by atoms with Gasteiger partial charge in [0.15, 0.2) is 0 Å². The molecule has 11 aromatic rings. The summed E-state index contributed by atoms with van der Waals surface area (Å²) in [6.45, 7) is 17.1. The summed E-state index contributed by atoms with van der Waals surface area (Å²) < 4.78 is 54.5. The van der Waals surface area contributed by atoms with Crippen LogP contribution in [-0.2, 0) is 0 Å². The molecule has 6 aliphatic heterocycles. The number of fused-ring (bicyclic) bond motifs is 6. The molecule has 448 valence electrons. The van der Waals surface area contributed by atoms with Crippen molar-refractivity contribution in [2.24, 2.45) is 0 Å². The third-order valence-electron chi connectivity index (χ3n) is 17.4. The van der Waals surface area contributed by atoms with Crippen molar-refractivity contribution in [1.82, 2.24) is 0 Å². The maximum Gasteiger partial charge on any atom is 0.266 e. The van der Waals surface area contributed by atoms with Crippen molar-refractivity contribution in [3.05, 3.63) is 202 Å². The van der Waals surface area contributed by atoms with Crippen molar-refractivity contribution < 1.29 is 57.1 Å². The molecule has 11 aromatic carbocycles. The minimum Gasteiger partial charge on any atom is -0.490 e. The molecule has 0 saturated carbocycles. The van der Waals surface area contributed by atoms with E-state index in [4.69, 9.17) is 37.9 Å². The fraction of sp³-hybridized carbons (Fsp3) is 0.211. The Kier molecular flexibility index (Phi) is 13.4. The highest BCUT2D eigenvalue weighted by Gasteiger charge is 2.44. The lowest BCUT2D eigenvalue weighted by atomic mass is 9.80. The van der Waals surface area contributed by atoms with Crippen LogP contribution >= 0.6 is 0 Å². The molecule has 14 nitrogen and oxygen atoms in total. The number of carbonyl (C=O) groups is 4. The number of ether oxygens (including phenoxy) is 8. The van der Waals surface area contributed by atoms with E-state index in [1.165, 1.54) is 9.80 Å². The first kappa shape index (κ1) is 55.9. The molecule has 6 aliphatic rings. The Labute approximate surface area is 519 Å². The molecule has 18 bridgehead atoms. The van der Waals surface area contributed by atoms with Gasteiger partial charge in [-0.3, -0.25) is 19.2 Å². The fourth-order valence-corrected chi connectivity index (χ4v) is 13.4. The molecule has 0 atom stereocenters. The molecule has 0 saturated heterocycles. The average Bonchev–Trinajstić information content (AvgIpc) is 0.675. The maximum absolute atomic E-state index is 16.4. The van der Waals surface area contributed by atoms with E-state index in [2.05, 4.69) is 0 Å². The van der Waals surface area contributed by atoms with Crippen LogP contribution in [-0.4, -0.2) is 50.1 Å². The Morgan fingerprint density at radius 3 is 0.733 bits per heavy atom. The number of hydrogen-bond acceptors (Lipinski definition) is 12. The van der Waals surface area contributed by atoms with Crippen LogP contribution in [0.15, 0.2) is 158 Å². The van der Waals surface area contributed by atoms with Gasteiger partial charge in [0.25, 0.3) is 23.6 Å². The lowest BCUT2D eigenvalue weighted by Gasteiger charge is -2.35. The van der Waals surface area contributed by atoms with Gasteiger partial charge in [-0.1, -0.05) is 116 Å². The Hall–Kier alpha value is -10.6. The molecule has 0 N–H and O–H groups in total. The molecule has 0 radical (unpaired) electrons. The van der Waals surface area contributed by atoms with E-state index in [0.717, 1.165) is 22.3 Å². The predicted molar refractivity (Wildman–Crippen MR) is 347 cm³/mol. The van der Waals surface area contributed by atoms with Gasteiger partial charge in [0.1, 0.15) is 95.4 Å². The topological polar surface area (TPSA) is 149 Å². The van der Waals surface area contributed by atoms with Crippen molar-refractivity contribution in [3.8, 4) is 69.0 Å². The number of nitrogens with zero attached hydrogens (tertiary/aromatic N) is 2. The number of anilines is 2. The molecule has 0 aromatic heterocycles. The third kappa shape index (κ3) is 9.05. The van der Waals surface area contributed by atoms with Crippen LogP contribution in [0.1, 0.15) is 143 Å². The van der Waals surface area contributed by atoms with Crippen LogP contribution in [0.4, 0.5) is 11.4 Å². The summed E-state index contributed by atoms with van der Waals surface area (Å²) in [6, 6.07) is 47.3. The molecule has 6 heterocycles. The van der Waals surface area contributed by atoms with E-state index in [-0.39, 0.29) is 95.4 Å². The van der Waals surface area contributed by atoms with Crippen molar-refractivity contribution in [2.75, 3.05) is 36.2 Å². The van der Waals surface area contributed by atoms with Gasteiger partial charge < -0.3 is 37.9 Å².